The normalized spacial score (nSPS) is 9.25. The summed E-state index contributed by atoms with van der Waals surface area (Å²) in [6.45, 7) is 0. The van der Waals surface area contributed by atoms with E-state index >= 15 is 0 Å². The Kier molecular flexibility index (Phi) is 10.7. The third kappa shape index (κ3) is 5.78. The number of halogens is 3. The molecular formula is C18H14Br2IN6Na. The number of H-pyrrole nitrogens is 1. The maximum atomic E-state index is 8.86. The number of aromatic nitrogens is 4. The van der Waals surface area contributed by atoms with Crippen LogP contribution in [0.3, 0.4) is 0 Å². The van der Waals surface area contributed by atoms with Gasteiger partial charge < -0.3 is 1.43 Å². The van der Waals surface area contributed by atoms with E-state index in [0.29, 0.717) is 11.1 Å². The summed E-state index contributed by atoms with van der Waals surface area (Å²) in [4.78, 5) is 1.97. The molecule has 4 aromatic rings. The number of nitrogens with one attached hydrogen (secondary N) is 1. The Balaban J connectivity index is 0.000000469. The number of nitriles is 2. The average molecular weight is 624 g/mol. The predicted octanol–water partition coefficient (Wildman–Crippen LogP) is 2.57. The summed E-state index contributed by atoms with van der Waals surface area (Å²) in [6.07, 6.45) is 3.36. The first-order valence-electron chi connectivity index (χ1n) is 7.45. The fourth-order valence-corrected chi connectivity index (χ4v) is 3.32. The molecular weight excluding hydrogens is 610 g/mol. The van der Waals surface area contributed by atoms with E-state index in [0.717, 1.165) is 30.8 Å². The van der Waals surface area contributed by atoms with Crippen LogP contribution in [-0.2, 0) is 7.05 Å². The van der Waals surface area contributed by atoms with Gasteiger partial charge in [0.1, 0.15) is 0 Å². The molecule has 0 aliphatic rings. The van der Waals surface area contributed by atoms with E-state index in [1.54, 1.807) is 29.2 Å². The van der Waals surface area contributed by atoms with Crippen LogP contribution in [0.25, 0.3) is 21.8 Å². The first-order valence-corrected chi connectivity index (χ1v) is 11.2. The number of fused-ring (bicyclic) bond motifs is 2. The molecule has 4 rings (SSSR count). The van der Waals surface area contributed by atoms with Gasteiger partial charge in [-0.1, -0.05) is 54.5 Å². The third-order valence-corrected chi connectivity index (χ3v) is 4.51. The van der Waals surface area contributed by atoms with Gasteiger partial charge >= 0.3 is 29.6 Å². The molecule has 0 saturated carbocycles. The SMILES string of the molecule is CI.Cn1ncc2c(C#N)cc(Br)cc21.N#Cc1cc(Br)cc2[nH]ncc12.[H-].[Na+]. The molecule has 6 nitrogen and oxygen atoms in total. The number of aryl methyl sites for hydroxylation is 1. The quantitative estimate of drug-likeness (QED) is 0.185. The number of hydrogen-bond donors (Lipinski definition) is 1. The molecule has 0 saturated heterocycles. The van der Waals surface area contributed by atoms with Crippen molar-refractivity contribution >= 4 is 76.3 Å². The van der Waals surface area contributed by atoms with Crippen LogP contribution in [0.2, 0.25) is 0 Å². The van der Waals surface area contributed by atoms with Gasteiger partial charge in [0.15, 0.2) is 0 Å². The number of alkyl halides is 1. The first kappa shape index (κ1) is 25.1. The molecule has 10 heteroatoms. The third-order valence-electron chi connectivity index (χ3n) is 3.60. The van der Waals surface area contributed by atoms with Crippen molar-refractivity contribution in [3.05, 3.63) is 56.7 Å². The van der Waals surface area contributed by atoms with E-state index in [1.807, 2.05) is 24.1 Å². The van der Waals surface area contributed by atoms with Crippen molar-refractivity contribution in [1.82, 2.24) is 20.0 Å². The Hall–Kier alpha value is -0.950. The maximum Gasteiger partial charge on any atom is 1.00 e. The van der Waals surface area contributed by atoms with Gasteiger partial charge in [0, 0.05) is 26.8 Å². The second kappa shape index (κ2) is 11.9. The van der Waals surface area contributed by atoms with Gasteiger partial charge in [0.2, 0.25) is 0 Å². The van der Waals surface area contributed by atoms with Gasteiger partial charge in [-0.15, -0.1) is 0 Å². The van der Waals surface area contributed by atoms with Crippen LogP contribution in [0.1, 0.15) is 12.6 Å². The Labute approximate surface area is 216 Å². The van der Waals surface area contributed by atoms with Gasteiger partial charge in [-0.2, -0.15) is 20.7 Å². The minimum atomic E-state index is 0. The van der Waals surface area contributed by atoms with Crippen LogP contribution in [-0.4, -0.2) is 24.9 Å². The summed E-state index contributed by atoms with van der Waals surface area (Å²) in [6, 6.07) is 11.7. The molecule has 2 aromatic carbocycles. The number of nitrogens with zero attached hydrogens (tertiary/aromatic N) is 5. The van der Waals surface area contributed by atoms with Gasteiger partial charge in [-0.3, -0.25) is 9.78 Å². The zero-order chi connectivity index (χ0) is 20.0. The molecule has 28 heavy (non-hydrogen) atoms. The molecule has 0 aliphatic carbocycles. The molecule has 0 bridgehead atoms. The van der Waals surface area contributed by atoms with Crippen LogP contribution < -0.4 is 29.6 Å². The van der Waals surface area contributed by atoms with Crippen LogP contribution in [0, 0.1) is 22.7 Å². The predicted molar refractivity (Wildman–Crippen MR) is 123 cm³/mol. The van der Waals surface area contributed by atoms with Crippen LogP contribution in [0.5, 0.6) is 0 Å². The largest absolute Gasteiger partial charge is 1.00 e. The molecule has 0 spiro atoms. The Morgan fingerprint density at radius 2 is 1.57 bits per heavy atom. The molecule has 0 aliphatic heterocycles. The molecule has 0 fully saturated rings. The van der Waals surface area contributed by atoms with Gasteiger partial charge in [-0.25, -0.2) is 0 Å². The van der Waals surface area contributed by atoms with E-state index in [-0.39, 0.29) is 31.0 Å². The van der Waals surface area contributed by atoms with Crippen molar-refractivity contribution in [3.8, 4) is 12.1 Å². The van der Waals surface area contributed by atoms with E-state index in [4.69, 9.17) is 10.5 Å². The Morgan fingerprint density at radius 1 is 1.00 bits per heavy atom. The van der Waals surface area contributed by atoms with Gasteiger partial charge in [-0.05, 0) is 29.2 Å². The summed E-state index contributed by atoms with van der Waals surface area (Å²) >= 11 is 8.81. The van der Waals surface area contributed by atoms with Crippen molar-refractivity contribution in [2.24, 2.45) is 7.05 Å². The molecule has 0 unspecified atom stereocenters. The second-order valence-electron chi connectivity index (χ2n) is 5.16. The number of rotatable bonds is 0. The first-order chi connectivity index (χ1) is 13.0. The number of hydrogen-bond acceptors (Lipinski definition) is 4. The van der Waals surface area contributed by atoms with E-state index in [1.165, 1.54) is 0 Å². The second-order valence-corrected chi connectivity index (χ2v) is 6.99. The standard InChI is InChI=1S/C9H6BrN3.C8H4BrN3.CH3I.Na.H/c1-13-9-3-7(10)2-6(4-11)8(9)5-12-13;9-6-1-5(3-10)7-4-11-12-8(7)2-6;1-2;;/h2-3,5H,1H3;1-2,4H,(H,11,12);1H3;;/q;;;+1;-1. The number of benzene rings is 2. The van der Waals surface area contributed by atoms with Crippen molar-refractivity contribution in [1.29, 1.82) is 10.5 Å². The molecule has 2 heterocycles. The van der Waals surface area contributed by atoms with E-state index in [2.05, 4.69) is 81.9 Å². The van der Waals surface area contributed by atoms with Gasteiger partial charge in [0.25, 0.3) is 0 Å². The summed E-state index contributed by atoms with van der Waals surface area (Å²) in [7, 11) is 1.86. The minimum absolute atomic E-state index is 0. The average Bonchev–Trinajstić information content (AvgIpc) is 3.29. The van der Waals surface area contributed by atoms with E-state index in [9.17, 15) is 0 Å². The Bertz CT molecular complexity index is 1180. The molecule has 0 atom stereocenters. The zero-order valence-corrected chi connectivity index (χ0v) is 22.7. The summed E-state index contributed by atoms with van der Waals surface area (Å²) in [5, 5.41) is 30.1. The van der Waals surface area contributed by atoms with E-state index < -0.39 is 0 Å². The number of aromatic amines is 1. The van der Waals surface area contributed by atoms with Crippen LogP contribution in [0.4, 0.5) is 0 Å². The fourth-order valence-electron chi connectivity index (χ4n) is 2.41. The minimum Gasteiger partial charge on any atom is -1.00 e. The molecule has 1 N–H and O–H groups in total. The zero-order valence-electron chi connectivity index (χ0n) is 16.3. The smallest absolute Gasteiger partial charge is 1.00 e. The Morgan fingerprint density at radius 3 is 2.18 bits per heavy atom. The summed E-state index contributed by atoms with van der Waals surface area (Å²) < 4.78 is 3.54. The van der Waals surface area contributed by atoms with Crippen LogP contribution in [0.15, 0.2) is 45.6 Å². The van der Waals surface area contributed by atoms with Crippen LogP contribution >= 0.6 is 54.5 Å². The molecule has 0 amide bonds. The molecule has 2 aromatic heterocycles. The van der Waals surface area contributed by atoms with Gasteiger partial charge in [0.05, 0.1) is 46.7 Å². The van der Waals surface area contributed by atoms with Crippen molar-refractivity contribution in [2.45, 2.75) is 0 Å². The van der Waals surface area contributed by atoms with Crippen molar-refractivity contribution < 1.29 is 31.0 Å². The van der Waals surface area contributed by atoms with Crippen molar-refractivity contribution in [3.63, 3.8) is 0 Å². The monoisotopic (exact) mass is 622 g/mol. The summed E-state index contributed by atoms with van der Waals surface area (Å²) in [5.74, 6) is 0. The fraction of sp³-hybridized carbons (Fsp3) is 0.111. The summed E-state index contributed by atoms with van der Waals surface area (Å²) in [5.41, 5.74) is 3.12. The van der Waals surface area contributed by atoms with Crippen molar-refractivity contribution in [2.75, 3.05) is 4.93 Å². The topological polar surface area (TPSA) is 94.1 Å². The molecule has 0 radical (unpaired) electrons. The maximum absolute atomic E-state index is 8.86. The molecule has 138 valence electrons.